The van der Waals surface area contributed by atoms with E-state index in [9.17, 15) is 4.79 Å². The highest BCUT2D eigenvalue weighted by molar-refractivity contribution is 5.77. The van der Waals surface area contributed by atoms with E-state index in [0.29, 0.717) is 19.8 Å². The number of carbonyl (C=O) groups is 1. The molecule has 0 aromatic heterocycles. The number of hydrogen-bond donors (Lipinski definition) is 1. The highest BCUT2D eigenvalue weighted by Gasteiger charge is 2.45. The van der Waals surface area contributed by atoms with Gasteiger partial charge in [-0.3, -0.25) is 4.79 Å². The summed E-state index contributed by atoms with van der Waals surface area (Å²) in [4.78, 5) is 11.4. The molecular weight excluding hydrogens is 158 g/mol. The molecule has 1 heterocycles. The second kappa shape index (κ2) is 3.41. The first-order chi connectivity index (χ1) is 5.61. The fourth-order valence-corrected chi connectivity index (χ4v) is 1.20. The topological polar surface area (TPSA) is 61.5 Å². The van der Waals surface area contributed by atoms with Gasteiger partial charge in [-0.05, 0) is 13.8 Å². The van der Waals surface area contributed by atoms with Gasteiger partial charge in [-0.15, -0.1) is 0 Å². The van der Waals surface area contributed by atoms with E-state index >= 15 is 0 Å². The summed E-state index contributed by atoms with van der Waals surface area (Å²) in [6.45, 7) is 4.76. The molecule has 1 saturated heterocycles. The van der Waals surface area contributed by atoms with Crippen LogP contribution in [-0.2, 0) is 14.3 Å². The van der Waals surface area contributed by atoms with Crippen molar-refractivity contribution in [1.82, 2.24) is 0 Å². The van der Waals surface area contributed by atoms with Crippen LogP contribution >= 0.6 is 0 Å². The fourth-order valence-electron chi connectivity index (χ4n) is 1.20. The third kappa shape index (κ3) is 1.44. The van der Waals surface area contributed by atoms with Gasteiger partial charge in [0.1, 0.15) is 5.41 Å². The van der Waals surface area contributed by atoms with Crippen molar-refractivity contribution in [3.63, 3.8) is 0 Å². The van der Waals surface area contributed by atoms with Crippen LogP contribution in [-0.4, -0.2) is 31.8 Å². The third-order valence-electron chi connectivity index (χ3n) is 2.26. The molecule has 2 unspecified atom stereocenters. The van der Waals surface area contributed by atoms with Gasteiger partial charge in [0.2, 0.25) is 0 Å². The first-order valence-corrected chi connectivity index (χ1v) is 4.12. The Bertz CT molecular complexity index is 183. The number of esters is 1. The minimum atomic E-state index is -0.643. The molecular formula is C8H15NO3. The predicted octanol–water partition coefficient (Wildman–Crippen LogP) is -0.0867. The Kier molecular flexibility index (Phi) is 2.69. The van der Waals surface area contributed by atoms with Gasteiger partial charge in [0.05, 0.1) is 19.8 Å². The van der Waals surface area contributed by atoms with E-state index in [1.165, 1.54) is 0 Å². The first-order valence-electron chi connectivity index (χ1n) is 4.12. The maximum atomic E-state index is 11.4. The zero-order valence-electron chi connectivity index (χ0n) is 7.50. The minimum absolute atomic E-state index is 0.239. The zero-order valence-corrected chi connectivity index (χ0v) is 7.50. The first kappa shape index (κ1) is 9.48. The van der Waals surface area contributed by atoms with Crippen molar-refractivity contribution in [1.29, 1.82) is 0 Å². The van der Waals surface area contributed by atoms with Crippen LogP contribution in [0.5, 0.6) is 0 Å². The quantitative estimate of drug-likeness (QED) is 0.593. The molecule has 0 amide bonds. The summed E-state index contributed by atoms with van der Waals surface area (Å²) in [6, 6.07) is -0.239. The number of carbonyl (C=O) groups excluding carboxylic acids is 1. The van der Waals surface area contributed by atoms with Gasteiger partial charge in [-0.25, -0.2) is 0 Å². The maximum Gasteiger partial charge on any atom is 0.315 e. The molecule has 0 saturated carbocycles. The standard InChI is InChI=1S/C8H15NO3/c1-3-12-7(10)8(2)5-11-4-6(8)9/h6H,3-5,9H2,1-2H3. The van der Waals surface area contributed by atoms with Gasteiger partial charge in [0.25, 0.3) is 0 Å². The zero-order chi connectivity index (χ0) is 9.19. The molecule has 0 radical (unpaired) electrons. The lowest BCUT2D eigenvalue weighted by Crippen LogP contribution is -2.45. The summed E-state index contributed by atoms with van der Waals surface area (Å²) in [5.74, 6) is -0.255. The lowest BCUT2D eigenvalue weighted by atomic mass is 9.86. The van der Waals surface area contributed by atoms with E-state index in [0.717, 1.165) is 0 Å². The molecule has 0 spiro atoms. The van der Waals surface area contributed by atoms with E-state index < -0.39 is 5.41 Å². The van der Waals surface area contributed by atoms with Crippen LogP contribution in [0.1, 0.15) is 13.8 Å². The average molecular weight is 173 g/mol. The monoisotopic (exact) mass is 173 g/mol. The van der Waals surface area contributed by atoms with E-state index in [1.54, 1.807) is 13.8 Å². The van der Waals surface area contributed by atoms with Gasteiger partial charge >= 0.3 is 5.97 Å². The van der Waals surface area contributed by atoms with Crippen LogP contribution in [0, 0.1) is 5.41 Å². The molecule has 0 aliphatic carbocycles. The second-order valence-electron chi connectivity index (χ2n) is 3.26. The van der Waals surface area contributed by atoms with Crippen LogP contribution in [0.4, 0.5) is 0 Å². The number of rotatable bonds is 2. The summed E-state index contributed by atoms with van der Waals surface area (Å²) < 4.78 is 10.0. The van der Waals surface area contributed by atoms with Gasteiger partial charge in [0, 0.05) is 6.04 Å². The molecule has 0 aromatic carbocycles. The average Bonchev–Trinajstić information content (AvgIpc) is 2.34. The van der Waals surface area contributed by atoms with Crippen molar-refractivity contribution in [2.45, 2.75) is 19.9 Å². The summed E-state index contributed by atoms with van der Waals surface area (Å²) in [6.07, 6.45) is 0. The van der Waals surface area contributed by atoms with Gasteiger partial charge in [-0.1, -0.05) is 0 Å². The number of hydrogen-bond acceptors (Lipinski definition) is 4. The summed E-state index contributed by atoms with van der Waals surface area (Å²) in [5.41, 5.74) is 5.08. The van der Waals surface area contributed by atoms with Crippen molar-refractivity contribution in [3.8, 4) is 0 Å². The van der Waals surface area contributed by atoms with Crippen molar-refractivity contribution < 1.29 is 14.3 Å². The Morgan fingerprint density at radius 1 is 1.83 bits per heavy atom. The molecule has 2 N–H and O–H groups in total. The lowest BCUT2D eigenvalue weighted by molar-refractivity contribution is -0.154. The van der Waals surface area contributed by atoms with Crippen LogP contribution < -0.4 is 5.73 Å². The molecule has 2 atom stereocenters. The molecule has 70 valence electrons. The Labute approximate surface area is 72.0 Å². The fraction of sp³-hybridized carbons (Fsp3) is 0.875. The van der Waals surface area contributed by atoms with Crippen molar-refractivity contribution >= 4 is 5.97 Å². The molecule has 0 aromatic rings. The van der Waals surface area contributed by atoms with Gasteiger partial charge in [0.15, 0.2) is 0 Å². The second-order valence-corrected chi connectivity index (χ2v) is 3.26. The molecule has 0 bridgehead atoms. The molecule has 1 aliphatic rings. The Morgan fingerprint density at radius 2 is 2.50 bits per heavy atom. The van der Waals surface area contributed by atoms with Crippen LogP contribution in [0.2, 0.25) is 0 Å². The van der Waals surface area contributed by atoms with E-state index in [4.69, 9.17) is 15.2 Å². The molecule has 1 fully saturated rings. The van der Waals surface area contributed by atoms with E-state index in [-0.39, 0.29) is 12.0 Å². The molecule has 4 heteroatoms. The highest BCUT2D eigenvalue weighted by Crippen LogP contribution is 2.28. The molecule has 1 aliphatic heterocycles. The SMILES string of the molecule is CCOC(=O)C1(C)COCC1N. The van der Waals surface area contributed by atoms with Crippen molar-refractivity contribution in [2.24, 2.45) is 11.1 Å². The normalized spacial score (nSPS) is 35.1. The Balaban J connectivity index is 2.63. The van der Waals surface area contributed by atoms with Crippen LogP contribution in [0.15, 0.2) is 0 Å². The smallest absolute Gasteiger partial charge is 0.315 e. The third-order valence-corrected chi connectivity index (χ3v) is 2.26. The van der Waals surface area contributed by atoms with Crippen molar-refractivity contribution in [2.75, 3.05) is 19.8 Å². The largest absolute Gasteiger partial charge is 0.465 e. The van der Waals surface area contributed by atoms with E-state index in [2.05, 4.69) is 0 Å². The number of nitrogens with two attached hydrogens (primary N) is 1. The van der Waals surface area contributed by atoms with Crippen molar-refractivity contribution in [3.05, 3.63) is 0 Å². The van der Waals surface area contributed by atoms with Crippen LogP contribution in [0.25, 0.3) is 0 Å². The highest BCUT2D eigenvalue weighted by atomic mass is 16.5. The molecule has 12 heavy (non-hydrogen) atoms. The molecule has 4 nitrogen and oxygen atoms in total. The van der Waals surface area contributed by atoms with Gasteiger partial charge in [-0.2, -0.15) is 0 Å². The Hall–Kier alpha value is -0.610. The summed E-state index contributed by atoms with van der Waals surface area (Å²) in [7, 11) is 0. The minimum Gasteiger partial charge on any atom is -0.465 e. The van der Waals surface area contributed by atoms with E-state index in [1.807, 2.05) is 0 Å². The van der Waals surface area contributed by atoms with Gasteiger partial charge < -0.3 is 15.2 Å². The summed E-state index contributed by atoms with van der Waals surface area (Å²) in [5, 5.41) is 0. The lowest BCUT2D eigenvalue weighted by Gasteiger charge is -2.23. The van der Waals surface area contributed by atoms with Crippen LogP contribution in [0.3, 0.4) is 0 Å². The number of ether oxygens (including phenoxy) is 2. The molecule has 1 rings (SSSR count). The summed E-state index contributed by atoms with van der Waals surface area (Å²) >= 11 is 0. The predicted molar refractivity (Wildman–Crippen MR) is 43.5 cm³/mol. The Morgan fingerprint density at radius 3 is 2.92 bits per heavy atom. The maximum absolute atomic E-state index is 11.4.